The highest BCUT2D eigenvalue weighted by Crippen LogP contribution is 2.27. The summed E-state index contributed by atoms with van der Waals surface area (Å²) < 4.78 is 9.56. The summed E-state index contributed by atoms with van der Waals surface area (Å²) in [7, 11) is 2.87. The average molecular weight is 215 g/mol. The van der Waals surface area contributed by atoms with Gasteiger partial charge in [-0.2, -0.15) is 0 Å². The van der Waals surface area contributed by atoms with Crippen molar-refractivity contribution in [3.8, 4) is 5.75 Å². The van der Waals surface area contributed by atoms with Crippen molar-refractivity contribution in [2.45, 2.75) is 6.42 Å². The van der Waals surface area contributed by atoms with E-state index in [0.717, 1.165) is 0 Å². The fourth-order valence-electron chi connectivity index (χ4n) is 1.08. The summed E-state index contributed by atoms with van der Waals surface area (Å²) >= 11 is 5.98. The van der Waals surface area contributed by atoms with Gasteiger partial charge in [-0.25, -0.2) is 0 Å². The number of carbonyl (C=O) groups excluding carboxylic acids is 1. The first-order valence-electron chi connectivity index (χ1n) is 4.07. The van der Waals surface area contributed by atoms with Gasteiger partial charge in [0.15, 0.2) is 0 Å². The zero-order valence-electron chi connectivity index (χ0n) is 8.04. The Morgan fingerprint density at radius 3 is 2.71 bits per heavy atom. The number of rotatable bonds is 3. The van der Waals surface area contributed by atoms with Gasteiger partial charge in [0, 0.05) is 0 Å². The van der Waals surface area contributed by atoms with Gasteiger partial charge in [-0.15, -0.1) is 0 Å². The molecule has 0 N–H and O–H groups in total. The van der Waals surface area contributed by atoms with Crippen LogP contribution in [0.1, 0.15) is 5.56 Å². The van der Waals surface area contributed by atoms with Crippen molar-refractivity contribution in [1.29, 1.82) is 0 Å². The molecule has 0 atom stereocenters. The molecular weight excluding hydrogens is 204 g/mol. The average Bonchev–Trinajstić information content (AvgIpc) is 2.21. The number of methoxy groups -OCH3 is 2. The van der Waals surface area contributed by atoms with Crippen molar-refractivity contribution >= 4 is 17.6 Å². The monoisotopic (exact) mass is 214 g/mol. The number of halogens is 1. The predicted octanol–water partition coefficient (Wildman–Crippen LogP) is 2.06. The maximum absolute atomic E-state index is 11.0. The van der Waals surface area contributed by atoms with Crippen LogP contribution < -0.4 is 4.74 Å². The number of benzene rings is 1. The van der Waals surface area contributed by atoms with E-state index in [1.54, 1.807) is 18.2 Å². The van der Waals surface area contributed by atoms with Gasteiger partial charge in [-0.1, -0.05) is 23.7 Å². The topological polar surface area (TPSA) is 35.5 Å². The standard InChI is InChI=1S/C10H11ClO3/c1-13-8-5-3-4-7(10(8)11)6-9(12)14-2/h3-5H,6H2,1-2H3. The van der Waals surface area contributed by atoms with Gasteiger partial charge in [0.1, 0.15) is 5.75 Å². The molecule has 0 bridgehead atoms. The van der Waals surface area contributed by atoms with Crippen LogP contribution in [0.15, 0.2) is 18.2 Å². The van der Waals surface area contributed by atoms with Crippen molar-refractivity contribution in [1.82, 2.24) is 0 Å². The molecule has 0 saturated heterocycles. The molecule has 14 heavy (non-hydrogen) atoms. The molecule has 76 valence electrons. The molecule has 0 heterocycles. The highest BCUT2D eigenvalue weighted by Gasteiger charge is 2.10. The van der Waals surface area contributed by atoms with Gasteiger partial charge in [0.05, 0.1) is 25.7 Å². The van der Waals surface area contributed by atoms with E-state index in [1.807, 2.05) is 0 Å². The lowest BCUT2D eigenvalue weighted by atomic mass is 10.1. The number of hydrogen-bond acceptors (Lipinski definition) is 3. The van der Waals surface area contributed by atoms with Crippen LogP contribution in [-0.2, 0) is 16.0 Å². The number of ether oxygens (including phenoxy) is 2. The van der Waals surface area contributed by atoms with Crippen LogP contribution in [0.2, 0.25) is 5.02 Å². The van der Waals surface area contributed by atoms with Gasteiger partial charge in [-0.05, 0) is 11.6 Å². The number of esters is 1. The van der Waals surface area contributed by atoms with E-state index in [2.05, 4.69) is 4.74 Å². The molecule has 4 heteroatoms. The second-order valence-electron chi connectivity index (χ2n) is 2.69. The quantitative estimate of drug-likeness (QED) is 0.723. The van der Waals surface area contributed by atoms with Crippen molar-refractivity contribution in [3.63, 3.8) is 0 Å². The predicted molar refractivity (Wildman–Crippen MR) is 53.7 cm³/mol. The summed E-state index contributed by atoms with van der Waals surface area (Å²) in [4.78, 5) is 11.0. The second kappa shape index (κ2) is 4.86. The molecule has 3 nitrogen and oxygen atoms in total. The molecule has 0 aliphatic carbocycles. The van der Waals surface area contributed by atoms with Gasteiger partial charge in [0.2, 0.25) is 0 Å². The Hall–Kier alpha value is -1.22. The van der Waals surface area contributed by atoms with Crippen LogP contribution in [0.5, 0.6) is 5.75 Å². The fourth-order valence-corrected chi connectivity index (χ4v) is 1.35. The van der Waals surface area contributed by atoms with E-state index < -0.39 is 0 Å². The molecule has 0 amide bonds. The first kappa shape index (κ1) is 10.9. The van der Waals surface area contributed by atoms with E-state index in [-0.39, 0.29) is 12.4 Å². The SMILES string of the molecule is COC(=O)Cc1cccc(OC)c1Cl. The first-order valence-corrected chi connectivity index (χ1v) is 4.45. The van der Waals surface area contributed by atoms with Crippen LogP contribution in [0.25, 0.3) is 0 Å². The third-order valence-electron chi connectivity index (χ3n) is 1.83. The molecule has 0 fully saturated rings. The molecule has 0 aliphatic rings. The molecule has 1 rings (SSSR count). The maximum Gasteiger partial charge on any atom is 0.310 e. The summed E-state index contributed by atoms with van der Waals surface area (Å²) in [6.07, 6.45) is 0.159. The number of hydrogen-bond donors (Lipinski definition) is 0. The van der Waals surface area contributed by atoms with E-state index in [1.165, 1.54) is 14.2 Å². The lowest BCUT2D eigenvalue weighted by Crippen LogP contribution is -2.05. The van der Waals surface area contributed by atoms with Crippen molar-refractivity contribution in [3.05, 3.63) is 28.8 Å². The van der Waals surface area contributed by atoms with Crippen LogP contribution in [0.3, 0.4) is 0 Å². The van der Waals surface area contributed by atoms with E-state index in [4.69, 9.17) is 16.3 Å². The third kappa shape index (κ3) is 2.39. The molecule has 0 radical (unpaired) electrons. The first-order chi connectivity index (χ1) is 6.69. The van der Waals surface area contributed by atoms with Gasteiger partial charge in [0.25, 0.3) is 0 Å². The Morgan fingerprint density at radius 1 is 1.43 bits per heavy atom. The van der Waals surface area contributed by atoms with Crippen molar-refractivity contribution < 1.29 is 14.3 Å². The molecule has 0 unspecified atom stereocenters. The summed E-state index contributed by atoms with van der Waals surface area (Å²) in [5, 5.41) is 0.459. The highest BCUT2D eigenvalue weighted by atomic mass is 35.5. The molecule has 0 aromatic heterocycles. The van der Waals surface area contributed by atoms with Crippen molar-refractivity contribution in [2.24, 2.45) is 0 Å². The van der Waals surface area contributed by atoms with Gasteiger partial charge < -0.3 is 9.47 Å². The molecule has 0 aliphatic heterocycles. The lowest BCUT2D eigenvalue weighted by molar-refractivity contribution is -0.139. The minimum absolute atomic E-state index is 0.159. The highest BCUT2D eigenvalue weighted by molar-refractivity contribution is 6.33. The third-order valence-corrected chi connectivity index (χ3v) is 2.25. The lowest BCUT2D eigenvalue weighted by Gasteiger charge is -2.07. The van der Waals surface area contributed by atoms with E-state index in [0.29, 0.717) is 16.3 Å². The van der Waals surface area contributed by atoms with Crippen LogP contribution >= 0.6 is 11.6 Å². The molecule has 1 aromatic rings. The van der Waals surface area contributed by atoms with E-state index in [9.17, 15) is 4.79 Å². The molecule has 0 saturated carbocycles. The summed E-state index contributed by atoms with van der Waals surface area (Å²) in [5.74, 6) is 0.244. The van der Waals surface area contributed by atoms with Gasteiger partial charge in [-0.3, -0.25) is 4.79 Å². The van der Waals surface area contributed by atoms with Crippen LogP contribution in [-0.4, -0.2) is 20.2 Å². The molecule has 1 aromatic carbocycles. The zero-order chi connectivity index (χ0) is 10.6. The fraction of sp³-hybridized carbons (Fsp3) is 0.300. The minimum atomic E-state index is -0.319. The van der Waals surface area contributed by atoms with Gasteiger partial charge >= 0.3 is 5.97 Å². The summed E-state index contributed by atoms with van der Waals surface area (Å²) in [6, 6.07) is 5.29. The van der Waals surface area contributed by atoms with Crippen LogP contribution in [0.4, 0.5) is 0 Å². The Labute approximate surface area is 87.6 Å². The Kier molecular flexibility index (Phi) is 3.77. The maximum atomic E-state index is 11.0. The van der Waals surface area contributed by atoms with Crippen LogP contribution in [0, 0.1) is 0 Å². The molecule has 0 spiro atoms. The second-order valence-corrected chi connectivity index (χ2v) is 3.06. The van der Waals surface area contributed by atoms with Crippen molar-refractivity contribution in [2.75, 3.05) is 14.2 Å². The van der Waals surface area contributed by atoms with E-state index >= 15 is 0 Å². The largest absolute Gasteiger partial charge is 0.495 e. The number of carbonyl (C=O) groups is 1. The Balaban J connectivity index is 2.92. The smallest absolute Gasteiger partial charge is 0.310 e. The Morgan fingerprint density at radius 2 is 2.14 bits per heavy atom. The Bertz CT molecular complexity index is 336. The molecular formula is C10H11ClO3. The summed E-state index contributed by atoms with van der Waals surface area (Å²) in [5.41, 5.74) is 0.706. The summed E-state index contributed by atoms with van der Waals surface area (Å²) in [6.45, 7) is 0. The zero-order valence-corrected chi connectivity index (χ0v) is 8.80. The normalized spacial score (nSPS) is 9.64. The minimum Gasteiger partial charge on any atom is -0.495 e.